The Morgan fingerprint density at radius 1 is 0.925 bits per heavy atom. The molecule has 2 amide bonds. The van der Waals surface area contributed by atoms with Gasteiger partial charge in [0.05, 0.1) is 42.6 Å². The molecule has 2 N–H and O–H groups in total. The number of morpholine rings is 1. The van der Waals surface area contributed by atoms with Gasteiger partial charge in [0.25, 0.3) is 11.8 Å². The Morgan fingerprint density at radius 3 is 2.23 bits per heavy atom. The number of amides is 2. The first-order valence-corrected chi connectivity index (χ1v) is 12.6. The number of carbonyl (C=O) groups excluding carboxylic acids is 3. The Hall–Kier alpha value is -4.38. The summed E-state index contributed by atoms with van der Waals surface area (Å²) in [5.41, 5.74) is 0.510. The first-order valence-electron chi connectivity index (χ1n) is 12.6. The van der Waals surface area contributed by atoms with E-state index in [-0.39, 0.29) is 18.0 Å². The van der Waals surface area contributed by atoms with Gasteiger partial charge in [0, 0.05) is 18.7 Å². The zero-order chi connectivity index (χ0) is 28.5. The van der Waals surface area contributed by atoms with Crippen LogP contribution in [0.15, 0.2) is 78.9 Å². The monoisotopic (exact) mass is 555 g/mol. The van der Waals surface area contributed by atoms with Crippen LogP contribution >= 0.6 is 0 Å². The minimum atomic E-state index is -4.61. The molecule has 210 valence electrons. The topological polar surface area (TPSA) is 97.0 Å². The lowest BCUT2D eigenvalue weighted by Crippen LogP contribution is -2.37. The standard InChI is InChI=1S/C29H28F3N3O5/c30-29(31,32)22-11-12-25(35-13-15-39-16-14-35)24(17-22)33-26(36)19-40-27(37)18-23(20-7-3-1-4-8-20)34-28(38)21-9-5-2-6-10-21/h1-12,17,23H,13-16,18-19H2,(H,33,36)(H,34,38). The van der Waals surface area contributed by atoms with E-state index in [0.29, 0.717) is 43.1 Å². The highest BCUT2D eigenvalue weighted by atomic mass is 19.4. The third-order valence-electron chi connectivity index (χ3n) is 6.23. The number of anilines is 2. The lowest BCUT2D eigenvalue weighted by atomic mass is 10.0. The molecule has 3 aromatic carbocycles. The van der Waals surface area contributed by atoms with Crippen molar-refractivity contribution >= 4 is 29.2 Å². The summed E-state index contributed by atoms with van der Waals surface area (Å²) in [4.78, 5) is 39.9. The van der Waals surface area contributed by atoms with Gasteiger partial charge < -0.3 is 25.0 Å². The van der Waals surface area contributed by atoms with Gasteiger partial charge in [-0.3, -0.25) is 14.4 Å². The Balaban J connectivity index is 1.41. The molecule has 4 rings (SSSR count). The Morgan fingerprint density at radius 2 is 1.57 bits per heavy atom. The van der Waals surface area contributed by atoms with Gasteiger partial charge in [-0.15, -0.1) is 0 Å². The van der Waals surface area contributed by atoms with E-state index in [0.717, 1.165) is 12.1 Å². The number of hydrogen-bond acceptors (Lipinski definition) is 6. The quantitative estimate of drug-likeness (QED) is 0.375. The first kappa shape index (κ1) is 28.6. The van der Waals surface area contributed by atoms with Crippen LogP contribution in [-0.4, -0.2) is 50.7 Å². The molecule has 0 aromatic heterocycles. The molecule has 8 nitrogen and oxygen atoms in total. The van der Waals surface area contributed by atoms with E-state index in [9.17, 15) is 27.6 Å². The van der Waals surface area contributed by atoms with Crippen LogP contribution in [0.4, 0.5) is 24.5 Å². The number of benzene rings is 3. The van der Waals surface area contributed by atoms with Gasteiger partial charge in [0.1, 0.15) is 0 Å². The van der Waals surface area contributed by atoms with Gasteiger partial charge in [-0.2, -0.15) is 13.2 Å². The number of nitrogens with zero attached hydrogens (tertiary/aromatic N) is 1. The summed E-state index contributed by atoms with van der Waals surface area (Å²) in [5.74, 6) is -1.96. The molecule has 1 saturated heterocycles. The number of carbonyl (C=O) groups is 3. The number of hydrogen-bond donors (Lipinski definition) is 2. The van der Waals surface area contributed by atoms with E-state index in [1.807, 2.05) is 4.90 Å². The molecule has 1 unspecified atom stereocenters. The summed E-state index contributed by atoms with van der Waals surface area (Å²) in [6, 6.07) is 19.7. The molecule has 40 heavy (non-hydrogen) atoms. The van der Waals surface area contributed by atoms with Crippen molar-refractivity contribution in [3.05, 3.63) is 95.6 Å². The van der Waals surface area contributed by atoms with Crippen LogP contribution in [0.3, 0.4) is 0 Å². The predicted octanol–water partition coefficient (Wildman–Crippen LogP) is 4.59. The van der Waals surface area contributed by atoms with Gasteiger partial charge in [-0.05, 0) is 35.9 Å². The summed E-state index contributed by atoms with van der Waals surface area (Å²) < 4.78 is 50.5. The number of rotatable bonds is 9. The number of halogens is 3. The molecule has 0 saturated carbocycles. The van der Waals surface area contributed by atoms with Gasteiger partial charge >= 0.3 is 12.1 Å². The van der Waals surface area contributed by atoms with Crippen LogP contribution < -0.4 is 15.5 Å². The fourth-order valence-corrected chi connectivity index (χ4v) is 4.22. The molecule has 3 aromatic rings. The molecule has 1 fully saturated rings. The lowest BCUT2D eigenvalue weighted by Gasteiger charge is -2.31. The molecule has 0 spiro atoms. The van der Waals surface area contributed by atoms with Gasteiger partial charge in [0.15, 0.2) is 6.61 Å². The van der Waals surface area contributed by atoms with Crippen LogP contribution in [0.25, 0.3) is 0 Å². The maximum Gasteiger partial charge on any atom is 0.416 e. The lowest BCUT2D eigenvalue weighted by molar-refractivity contribution is -0.147. The summed E-state index contributed by atoms with van der Waals surface area (Å²) >= 11 is 0. The molecule has 1 aliphatic rings. The summed E-state index contributed by atoms with van der Waals surface area (Å²) in [7, 11) is 0. The van der Waals surface area contributed by atoms with E-state index < -0.39 is 36.3 Å². The predicted molar refractivity (Wildman–Crippen MR) is 142 cm³/mol. The summed E-state index contributed by atoms with van der Waals surface area (Å²) in [5, 5.41) is 5.26. The number of ether oxygens (including phenoxy) is 2. The minimum absolute atomic E-state index is 0.0462. The summed E-state index contributed by atoms with van der Waals surface area (Å²) in [6.07, 6.45) is -4.87. The molecule has 1 aliphatic heterocycles. The number of nitrogens with one attached hydrogen (secondary N) is 2. The van der Waals surface area contributed by atoms with E-state index in [2.05, 4.69) is 10.6 Å². The van der Waals surface area contributed by atoms with Crippen molar-refractivity contribution in [1.29, 1.82) is 0 Å². The second-order valence-electron chi connectivity index (χ2n) is 9.04. The van der Waals surface area contributed by atoms with Crippen LogP contribution in [0.1, 0.15) is 33.9 Å². The third-order valence-corrected chi connectivity index (χ3v) is 6.23. The van der Waals surface area contributed by atoms with Crippen molar-refractivity contribution in [2.24, 2.45) is 0 Å². The highest BCUT2D eigenvalue weighted by Gasteiger charge is 2.32. The minimum Gasteiger partial charge on any atom is -0.455 e. The van der Waals surface area contributed by atoms with E-state index >= 15 is 0 Å². The van der Waals surface area contributed by atoms with Gasteiger partial charge in [0.2, 0.25) is 0 Å². The fraction of sp³-hybridized carbons (Fsp3) is 0.276. The average Bonchev–Trinajstić information content (AvgIpc) is 2.96. The second-order valence-corrected chi connectivity index (χ2v) is 9.04. The zero-order valence-corrected chi connectivity index (χ0v) is 21.4. The van der Waals surface area contributed by atoms with Crippen molar-refractivity contribution < 1.29 is 37.0 Å². The average molecular weight is 556 g/mol. The Bertz CT molecular complexity index is 1310. The van der Waals surface area contributed by atoms with Crippen LogP contribution in [0.5, 0.6) is 0 Å². The molecule has 1 atom stereocenters. The van der Waals surface area contributed by atoms with Crippen LogP contribution in [-0.2, 0) is 25.2 Å². The molecule has 0 bridgehead atoms. The van der Waals surface area contributed by atoms with Crippen molar-refractivity contribution in [2.45, 2.75) is 18.6 Å². The van der Waals surface area contributed by atoms with Crippen LogP contribution in [0, 0.1) is 0 Å². The van der Waals surface area contributed by atoms with Crippen molar-refractivity contribution in [2.75, 3.05) is 43.1 Å². The third kappa shape index (κ3) is 7.82. The van der Waals surface area contributed by atoms with E-state index in [4.69, 9.17) is 9.47 Å². The molecule has 1 heterocycles. The Kier molecular flexibility index (Phi) is 9.39. The van der Waals surface area contributed by atoms with Crippen LogP contribution in [0.2, 0.25) is 0 Å². The van der Waals surface area contributed by atoms with E-state index in [1.165, 1.54) is 6.07 Å². The fourth-order valence-electron chi connectivity index (χ4n) is 4.22. The summed E-state index contributed by atoms with van der Waals surface area (Å²) in [6.45, 7) is 0.966. The number of esters is 1. The highest BCUT2D eigenvalue weighted by molar-refractivity contribution is 5.96. The number of alkyl halides is 3. The SMILES string of the molecule is O=C(COC(=O)CC(NC(=O)c1ccccc1)c1ccccc1)Nc1cc(C(F)(F)F)ccc1N1CCOCC1. The van der Waals surface area contributed by atoms with Gasteiger partial charge in [-0.25, -0.2) is 0 Å². The van der Waals surface area contributed by atoms with Gasteiger partial charge in [-0.1, -0.05) is 48.5 Å². The molecule has 11 heteroatoms. The van der Waals surface area contributed by atoms with E-state index in [1.54, 1.807) is 60.7 Å². The van der Waals surface area contributed by atoms with Crippen molar-refractivity contribution in [1.82, 2.24) is 5.32 Å². The Labute approximate surface area is 229 Å². The zero-order valence-electron chi connectivity index (χ0n) is 21.4. The van der Waals surface area contributed by atoms with Crippen molar-refractivity contribution in [3.8, 4) is 0 Å². The van der Waals surface area contributed by atoms with Crippen molar-refractivity contribution in [3.63, 3.8) is 0 Å². The maximum atomic E-state index is 13.3. The molecular weight excluding hydrogens is 527 g/mol. The molecule has 0 aliphatic carbocycles. The maximum absolute atomic E-state index is 13.3. The molecular formula is C29H28F3N3O5. The second kappa shape index (κ2) is 13.1. The first-order chi connectivity index (χ1) is 19.2. The highest BCUT2D eigenvalue weighted by Crippen LogP contribution is 2.35. The smallest absolute Gasteiger partial charge is 0.416 e. The normalized spacial score (nSPS) is 14.2. The largest absolute Gasteiger partial charge is 0.455 e. The molecule has 0 radical (unpaired) electrons.